The van der Waals surface area contributed by atoms with Crippen LogP contribution in [0.4, 0.5) is 0 Å². The zero-order chi connectivity index (χ0) is 12.5. The number of hydrogen-bond acceptors (Lipinski definition) is 4. The average Bonchev–Trinajstić information content (AvgIpc) is 2.26. The molecule has 0 radical (unpaired) electrons. The van der Waals surface area contributed by atoms with Gasteiger partial charge in [0.2, 0.25) is 0 Å². The lowest BCUT2D eigenvalue weighted by atomic mass is 9.82. The first-order valence-electron chi connectivity index (χ1n) is 5.97. The molecule has 2 rings (SSSR count). The van der Waals surface area contributed by atoms with E-state index in [1.165, 1.54) is 26.4 Å². The van der Waals surface area contributed by atoms with E-state index in [1.54, 1.807) is 20.0 Å². The Balaban J connectivity index is 2.28. The minimum atomic E-state index is -0.783. The summed E-state index contributed by atoms with van der Waals surface area (Å²) in [6, 6.07) is 1.95. The van der Waals surface area contributed by atoms with Crippen molar-refractivity contribution in [2.24, 2.45) is 0 Å². The smallest absolute Gasteiger partial charge is 0.318 e. The molecule has 17 heavy (non-hydrogen) atoms. The zero-order valence-corrected chi connectivity index (χ0v) is 10.6. The molecule has 92 valence electrons. The number of methoxy groups -OCH3 is 1. The molecule has 0 N–H and O–H groups in total. The number of carbonyl (C=O) groups is 1. The second-order valence-electron chi connectivity index (χ2n) is 5.05. The number of carbonyl (C=O) groups excluding carboxylic acids is 1. The Kier molecular flexibility index (Phi) is 3.13. The SMILES string of the molecule is COC(=O)C(C)(C)c1nccc(C2CCC2)n1. The molecule has 1 aromatic heterocycles. The van der Waals surface area contributed by atoms with Crippen molar-refractivity contribution < 1.29 is 9.53 Å². The molecule has 1 fully saturated rings. The van der Waals surface area contributed by atoms with Crippen LogP contribution in [0, 0.1) is 0 Å². The maximum Gasteiger partial charge on any atom is 0.318 e. The molecule has 0 bridgehead atoms. The molecule has 1 aromatic rings. The monoisotopic (exact) mass is 234 g/mol. The van der Waals surface area contributed by atoms with Gasteiger partial charge in [-0.3, -0.25) is 4.79 Å². The average molecular weight is 234 g/mol. The summed E-state index contributed by atoms with van der Waals surface area (Å²) in [5.74, 6) is 0.794. The molecular formula is C13H18N2O2. The molecule has 0 spiro atoms. The molecule has 0 unspecified atom stereocenters. The van der Waals surface area contributed by atoms with Crippen LogP contribution >= 0.6 is 0 Å². The zero-order valence-electron chi connectivity index (χ0n) is 10.6. The fraction of sp³-hybridized carbons (Fsp3) is 0.615. The lowest BCUT2D eigenvalue weighted by molar-refractivity contribution is -0.146. The number of rotatable bonds is 3. The van der Waals surface area contributed by atoms with Crippen LogP contribution in [-0.4, -0.2) is 23.0 Å². The van der Waals surface area contributed by atoms with Crippen molar-refractivity contribution in [3.05, 3.63) is 23.8 Å². The normalized spacial score (nSPS) is 16.4. The summed E-state index contributed by atoms with van der Waals surface area (Å²) < 4.78 is 4.79. The maximum absolute atomic E-state index is 11.7. The number of aromatic nitrogens is 2. The summed E-state index contributed by atoms with van der Waals surface area (Å²) in [6.45, 7) is 3.58. The Morgan fingerprint density at radius 1 is 1.47 bits per heavy atom. The molecule has 0 aromatic carbocycles. The second kappa shape index (κ2) is 4.43. The number of nitrogens with zero attached hydrogens (tertiary/aromatic N) is 2. The van der Waals surface area contributed by atoms with E-state index >= 15 is 0 Å². The van der Waals surface area contributed by atoms with E-state index < -0.39 is 5.41 Å². The molecular weight excluding hydrogens is 216 g/mol. The topological polar surface area (TPSA) is 52.1 Å². The van der Waals surface area contributed by atoms with Crippen LogP contribution < -0.4 is 0 Å². The highest BCUT2D eigenvalue weighted by Gasteiger charge is 2.34. The lowest BCUT2D eigenvalue weighted by Crippen LogP contribution is -2.33. The minimum absolute atomic E-state index is 0.303. The summed E-state index contributed by atoms with van der Waals surface area (Å²) >= 11 is 0. The van der Waals surface area contributed by atoms with Gasteiger partial charge in [0.1, 0.15) is 11.2 Å². The quantitative estimate of drug-likeness (QED) is 0.752. The van der Waals surface area contributed by atoms with E-state index in [9.17, 15) is 4.79 Å². The van der Waals surface area contributed by atoms with Crippen LogP contribution in [0.15, 0.2) is 12.3 Å². The Morgan fingerprint density at radius 2 is 2.18 bits per heavy atom. The van der Waals surface area contributed by atoms with Gasteiger partial charge in [0.25, 0.3) is 0 Å². The maximum atomic E-state index is 11.7. The van der Waals surface area contributed by atoms with Crippen LogP contribution in [0.25, 0.3) is 0 Å². The first-order chi connectivity index (χ1) is 8.05. The van der Waals surface area contributed by atoms with Crippen molar-refractivity contribution in [3.8, 4) is 0 Å². The summed E-state index contributed by atoms with van der Waals surface area (Å²) in [7, 11) is 1.39. The molecule has 0 amide bonds. The van der Waals surface area contributed by atoms with Gasteiger partial charge in [0.15, 0.2) is 0 Å². The molecule has 4 nitrogen and oxygen atoms in total. The third kappa shape index (κ3) is 2.16. The Labute approximate surface area is 101 Å². The highest BCUT2D eigenvalue weighted by atomic mass is 16.5. The van der Waals surface area contributed by atoms with Gasteiger partial charge in [-0.05, 0) is 32.8 Å². The van der Waals surface area contributed by atoms with Gasteiger partial charge in [-0.25, -0.2) is 9.97 Å². The molecule has 1 aliphatic rings. The Morgan fingerprint density at radius 3 is 2.71 bits per heavy atom. The number of hydrogen-bond donors (Lipinski definition) is 0. The van der Waals surface area contributed by atoms with E-state index in [0.717, 1.165) is 5.69 Å². The van der Waals surface area contributed by atoms with Crippen molar-refractivity contribution in [1.82, 2.24) is 9.97 Å². The predicted molar refractivity (Wildman–Crippen MR) is 63.7 cm³/mol. The molecule has 4 heteroatoms. The van der Waals surface area contributed by atoms with Gasteiger partial charge < -0.3 is 4.74 Å². The molecule has 0 atom stereocenters. The predicted octanol–water partition coefficient (Wildman–Crippen LogP) is 2.19. The van der Waals surface area contributed by atoms with E-state index in [0.29, 0.717) is 11.7 Å². The largest absolute Gasteiger partial charge is 0.468 e. The van der Waals surface area contributed by atoms with Crippen LogP contribution in [0.3, 0.4) is 0 Å². The second-order valence-corrected chi connectivity index (χ2v) is 5.05. The summed E-state index contributed by atoms with van der Waals surface area (Å²) in [6.07, 6.45) is 5.38. The van der Waals surface area contributed by atoms with E-state index in [1.807, 2.05) is 6.07 Å². The fourth-order valence-corrected chi connectivity index (χ4v) is 1.95. The van der Waals surface area contributed by atoms with Crippen LogP contribution in [0.2, 0.25) is 0 Å². The van der Waals surface area contributed by atoms with Gasteiger partial charge in [-0.2, -0.15) is 0 Å². The molecule has 1 saturated carbocycles. The molecule has 1 aliphatic carbocycles. The van der Waals surface area contributed by atoms with E-state index in [4.69, 9.17) is 4.74 Å². The van der Waals surface area contributed by atoms with Crippen LogP contribution in [-0.2, 0) is 14.9 Å². The van der Waals surface area contributed by atoms with E-state index in [2.05, 4.69) is 9.97 Å². The minimum Gasteiger partial charge on any atom is -0.468 e. The van der Waals surface area contributed by atoms with Crippen molar-refractivity contribution in [3.63, 3.8) is 0 Å². The number of ether oxygens (including phenoxy) is 1. The standard InChI is InChI=1S/C13H18N2O2/c1-13(2,12(16)17-3)11-14-8-7-10(15-11)9-5-4-6-9/h7-9H,4-6H2,1-3H3. The summed E-state index contributed by atoms with van der Waals surface area (Å²) in [4.78, 5) is 20.4. The third-order valence-corrected chi connectivity index (χ3v) is 3.46. The number of esters is 1. The van der Waals surface area contributed by atoms with Crippen molar-refractivity contribution in [1.29, 1.82) is 0 Å². The van der Waals surface area contributed by atoms with Gasteiger partial charge in [-0.15, -0.1) is 0 Å². The van der Waals surface area contributed by atoms with Gasteiger partial charge in [0, 0.05) is 17.8 Å². The lowest BCUT2D eigenvalue weighted by Gasteiger charge is -2.26. The molecule has 0 saturated heterocycles. The van der Waals surface area contributed by atoms with Gasteiger partial charge in [-0.1, -0.05) is 6.42 Å². The van der Waals surface area contributed by atoms with Crippen molar-refractivity contribution in [2.45, 2.75) is 44.4 Å². The van der Waals surface area contributed by atoms with Crippen molar-refractivity contribution in [2.75, 3.05) is 7.11 Å². The van der Waals surface area contributed by atoms with Crippen LogP contribution in [0.1, 0.15) is 50.5 Å². The third-order valence-electron chi connectivity index (χ3n) is 3.46. The molecule has 0 aliphatic heterocycles. The van der Waals surface area contributed by atoms with Gasteiger partial charge in [0.05, 0.1) is 7.11 Å². The van der Waals surface area contributed by atoms with Crippen LogP contribution in [0.5, 0.6) is 0 Å². The van der Waals surface area contributed by atoms with Crippen molar-refractivity contribution >= 4 is 5.97 Å². The molecule has 1 heterocycles. The van der Waals surface area contributed by atoms with Gasteiger partial charge >= 0.3 is 5.97 Å². The fourth-order valence-electron chi connectivity index (χ4n) is 1.95. The highest BCUT2D eigenvalue weighted by molar-refractivity contribution is 5.80. The summed E-state index contributed by atoms with van der Waals surface area (Å²) in [5, 5.41) is 0. The summed E-state index contributed by atoms with van der Waals surface area (Å²) in [5.41, 5.74) is 0.271. The highest BCUT2D eigenvalue weighted by Crippen LogP contribution is 2.35. The van der Waals surface area contributed by atoms with E-state index in [-0.39, 0.29) is 5.97 Å². The first-order valence-corrected chi connectivity index (χ1v) is 5.97. The Bertz CT molecular complexity index is 425. The Hall–Kier alpha value is -1.45. The first kappa shape index (κ1) is 12.0.